The minimum Gasteiger partial charge on any atom is -0.325 e. The van der Waals surface area contributed by atoms with Gasteiger partial charge in [-0.1, -0.05) is 18.2 Å². The third-order valence-electron chi connectivity index (χ3n) is 6.07. The highest BCUT2D eigenvalue weighted by atomic mass is 19.3. The predicted molar refractivity (Wildman–Crippen MR) is 123 cm³/mol. The summed E-state index contributed by atoms with van der Waals surface area (Å²) in [6, 6.07) is 10.7. The van der Waals surface area contributed by atoms with Gasteiger partial charge in [0, 0.05) is 24.0 Å². The molecule has 1 unspecified atom stereocenters. The van der Waals surface area contributed by atoms with Gasteiger partial charge in [0.2, 0.25) is 11.8 Å². The Morgan fingerprint density at radius 2 is 1.76 bits per heavy atom. The van der Waals surface area contributed by atoms with Crippen molar-refractivity contribution in [3.8, 4) is 11.1 Å². The van der Waals surface area contributed by atoms with E-state index in [1.807, 2.05) is 0 Å². The van der Waals surface area contributed by atoms with Crippen molar-refractivity contribution in [1.82, 2.24) is 4.57 Å². The van der Waals surface area contributed by atoms with Crippen LogP contribution in [0.1, 0.15) is 36.1 Å². The lowest BCUT2D eigenvalue weighted by Gasteiger charge is -2.25. The van der Waals surface area contributed by atoms with Crippen molar-refractivity contribution in [2.75, 3.05) is 16.8 Å². The predicted octanol–water partition coefficient (Wildman–Crippen LogP) is 4.53. The smallest absolute Gasteiger partial charge is 0.263 e. The summed E-state index contributed by atoms with van der Waals surface area (Å²) in [4.78, 5) is 40.7. The highest BCUT2D eigenvalue weighted by Gasteiger charge is 2.34. The first-order valence-electron chi connectivity index (χ1n) is 10.6. The van der Waals surface area contributed by atoms with Crippen LogP contribution in [0.25, 0.3) is 11.1 Å². The van der Waals surface area contributed by atoms with Gasteiger partial charge in [0.15, 0.2) is 0 Å². The molecule has 1 aliphatic rings. The Morgan fingerprint density at radius 1 is 1.09 bits per heavy atom. The van der Waals surface area contributed by atoms with Crippen LogP contribution in [-0.2, 0) is 16.6 Å². The highest BCUT2D eigenvalue weighted by Crippen LogP contribution is 2.39. The molecule has 0 saturated heterocycles. The number of carbonyl (C=O) groups is 2. The van der Waals surface area contributed by atoms with Gasteiger partial charge in [0.05, 0.1) is 17.2 Å². The summed E-state index contributed by atoms with van der Waals surface area (Å²) in [5, 5.41) is 2.59. The average molecular weight is 469 g/mol. The molecule has 0 spiro atoms. The van der Waals surface area contributed by atoms with Crippen molar-refractivity contribution in [2.24, 2.45) is 7.05 Å². The monoisotopic (exact) mass is 469 g/mol. The van der Waals surface area contributed by atoms with Gasteiger partial charge < -0.3 is 14.8 Å². The molecule has 0 bridgehead atoms. The molecular weight excluding hydrogens is 447 g/mol. The van der Waals surface area contributed by atoms with Crippen LogP contribution in [0.4, 0.5) is 24.5 Å². The van der Waals surface area contributed by atoms with Gasteiger partial charge in [0.1, 0.15) is 12.4 Å². The molecule has 1 aromatic heterocycles. The lowest BCUT2D eigenvalue weighted by molar-refractivity contribution is -0.122. The van der Waals surface area contributed by atoms with Crippen molar-refractivity contribution < 1.29 is 22.8 Å². The van der Waals surface area contributed by atoms with Crippen molar-refractivity contribution in [1.29, 1.82) is 0 Å². The molecule has 0 fully saturated rings. The fraction of sp³-hybridized carbons (Fsp3) is 0.240. The van der Waals surface area contributed by atoms with E-state index >= 15 is 0 Å². The van der Waals surface area contributed by atoms with E-state index in [1.165, 1.54) is 51.9 Å². The van der Waals surface area contributed by atoms with Crippen LogP contribution in [0.5, 0.6) is 0 Å². The molecule has 0 radical (unpaired) electrons. The molecular formula is C25H22F3N3O3. The molecule has 1 N–H and O–H groups in total. The minimum atomic E-state index is -2.63. The third-order valence-corrected chi connectivity index (χ3v) is 6.07. The van der Waals surface area contributed by atoms with Crippen LogP contribution in [-0.4, -0.2) is 22.9 Å². The summed E-state index contributed by atoms with van der Waals surface area (Å²) in [5.74, 6) is -2.41. The topological polar surface area (TPSA) is 71.4 Å². The fourth-order valence-corrected chi connectivity index (χ4v) is 4.09. The van der Waals surface area contributed by atoms with Crippen molar-refractivity contribution >= 4 is 23.2 Å². The Bertz CT molecular complexity index is 1350. The van der Waals surface area contributed by atoms with Crippen LogP contribution >= 0.6 is 0 Å². The summed E-state index contributed by atoms with van der Waals surface area (Å²) in [6.45, 7) is 2.88. The number of carbonyl (C=O) groups excluding carboxylic acids is 2. The summed E-state index contributed by atoms with van der Waals surface area (Å²) in [6.07, 6.45) is -2.63. The maximum absolute atomic E-state index is 14.1. The zero-order valence-corrected chi connectivity index (χ0v) is 18.7. The Labute approximate surface area is 193 Å². The van der Waals surface area contributed by atoms with E-state index in [0.717, 1.165) is 0 Å². The summed E-state index contributed by atoms with van der Waals surface area (Å²) < 4.78 is 41.0. The normalized spacial score (nSPS) is 15.1. The van der Waals surface area contributed by atoms with Crippen LogP contribution in [0.2, 0.25) is 0 Å². The van der Waals surface area contributed by atoms with Gasteiger partial charge in [0.25, 0.3) is 12.0 Å². The Kier molecular flexibility index (Phi) is 6.03. The molecule has 176 valence electrons. The van der Waals surface area contributed by atoms with Gasteiger partial charge in [-0.3, -0.25) is 14.4 Å². The lowest BCUT2D eigenvalue weighted by atomic mass is 9.92. The van der Waals surface area contributed by atoms with E-state index in [1.54, 1.807) is 27.0 Å². The molecule has 1 aliphatic heterocycles. The second kappa shape index (κ2) is 8.81. The lowest BCUT2D eigenvalue weighted by Crippen LogP contribution is -2.40. The standard InChI is InChI=1S/C25H22F3N3O3/c1-13-10-20-22(25(34)30(13)3)18-9-6-16(26)11-19(18)14(2)24(33)31(20)12-21(32)29-17-7-4-15(5-8-17)23(27)28/h4-11,14,23H,12H2,1-3H3,(H,29,32). The molecule has 0 saturated carbocycles. The minimum absolute atomic E-state index is 0.181. The number of nitrogens with zero attached hydrogens (tertiary/aromatic N) is 2. The van der Waals surface area contributed by atoms with Gasteiger partial charge >= 0.3 is 0 Å². The number of alkyl halides is 2. The largest absolute Gasteiger partial charge is 0.325 e. The van der Waals surface area contributed by atoms with E-state index in [-0.39, 0.29) is 28.1 Å². The fourth-order valence-electron chi connectivity index (χ4n) is 4.09. The molecule has 2 amide bonds. The van der Waals surface area contributed by atoms with E-state index in [4.69, 9.17) is 0 Å². The van der Waals surface area contributed by atoms with Gasteiger partial charge in [-0.05, 0) is 55.3 Å². The summed E-state index contributed by atoms with van der Waals surface area (Å²) in [7, 11) is 1.59. The number of aryl methyl sites for hydroxylation is 1. The second-order valence-electron chi connectivity index (χ2n) is 8.26. The van der Waals surface area contributed by atoms with Crippen LogP contribution in [0.3, 0.4) is 0 Å². The van der Waals surface area contributed by atoms with E-state index < -0.39 is 36.5 Å². The Morgan fingerprint density at radius 3 is 2.41 bits per heavy atom. The zero-order valence-electron chi connectivity index (χ0n) is 18.7. The van der Waals surface area contributed by atoms with E-state index in [9.17, 15) is 27.6 Å². The van der Waals surface area contributed by atoms with E-state index in [0.29, 0.717) is 16.8 Å². The van der Waals surface area contributed by atoms with E-state index in [2.05, 4.69) is 5.32 Å². The number of aromatic nitrogens is 1. The summed E-state index contributed by atoms with van der Waals surface area (Å²) in [5.41, 5.74) is 1.55. The molecule has 6 nitrogen and oxygen atoms in total. The maximum Gasteiger partial charge on any atom is 0.263 e. The highest BCUT2D eigenvalue weighted by molar-refractivity contribution is 6.09. The van der Waals surface area contributed by atoms with Gasteiger partial charge in [-0.25, -0.2) is 13.2 Å². The van der Waals surface area contributed by atoms with Crippen LogP contribution in [0, 0.1) is 12.7 Å². The zero-order chi connectivity index (χ0) is 24.7. The number of pyridine rings is 1. The number of amides is 2. The molecule has 4 rings (SSSR count). The number of rotatable bonds is 4. The second-order valence-corrected chi connectivity index (χ2v) is 8.26. The first-order chi connectivity index (χ1) is 16.1. The molecule has 2 heterocycles. The van der Waals surface area contributed by atoms with Gasteiger partial charge in [-0.15, -0.1) is 0 Å². The molecule has 1 atom stereocenters. The first-order valence-corrected chi connectivity index (χ1v) is 10.6. The number of hydrogen-bond acceptors (Lipinski definition) is 3. The average Bonchev–Trinajstić information content (AvgIpc) is 2.87. The SMILES string of the molecule is Cc1cc2c(c(=O)n1C)-c1ccc(F)cc1C(C)C(=O)N2CC(=O)Nc1ccc(C(F)F)cc1. The van der Waals surface area contributed by atoms with Crippen molar-refractivity contribution in [2.45, 2.75) is 26.2 Å². The molecule has 9 heteroatoms. The van der Waals surface area contributed by atoms with Gasteiger partial charge in [-0.2, -0.15) is 0 Å². The Hall–Kier alpha value is -3.88. The number of anilines is 2. The molecule has 34 heavy (non-hydrogen) atoms. The molecule has 2 aromatic carbocycles. The number of hydrogen-bond donors (Lipinski definition) is 1. The quantitative estimate of drug-likeness (QED) is 0.611. The third kappa shape index (κ3) is 4.09. The van der Waals surface area contributed by atoms with Crippen LogP contribution < -0.4 is 15.8 Å². The molecule has 0 aliphatic carbocycles. The number of fused-ring (bicyclic) bond motifs is 3. The Balaban J connectivity index is 1.76. The number of halogens is 3. The van der Waals surface area contributed by atoms with Crippen molar-refractivity contribution in [3.05, 3.63) is 81.5 Å². The molecule has 3 aromatic rings. The summed E-state index contributed by atoms with van der Waals surface area (Å²) >= 11 is 0. The van der Waals surface area contributed by atoms with Crippen LogP contribution in [0.15, 0.2) is 53.3 Å². The van der Waals surface area contributed by atoms with Crippen molar-refractivity contribution in [3.63, 3.8) is 0 Å². The number of benzene rings is 2. The number of nitrogens with one attached hydrogen (secondary N) is 1. The maximum atomic E-state index is 14.1. The first kappa shape index (κ1) is 23.3.